The van der Waals surface area contributed by atoms with Gasteiger partial charge in [-0.15, -0.1) is 0 Å². The predicted molar refractivity (Wildman–Crippen MR) is 118 cm³/mol. The maximum atomic E-state index is 6.27. The smallest absolute Gasteiger partial charge is 0.128 e. The van der Waals surface area contributed by atoms with Crippen LogP contribution >= 0.6 is 0 Å². The first-order valence-electron chi connectivity index (χ1n) is 10.6. The number of aromatic nitrogens is 1. The average molecular weight is 391 g/mol. The van der Waals surface area contributed by atoms with Crippen molar-refractivity contribution in [3.8, 4) is 11.5 Å². The van der Waals surface area contributed by atoms with Crippen LogP contribution in [0.3, 0.4) is 0 Å². The van der Waals surface area contributed by atoms with Gasteiger partial charge in [0, 0.05) is 11.1 Å². The van der Waals surface area contributed by atoms with Crippen LogP contribution in [-0.2, 0) is 0 Å². The van der Waals surface area contributed by atoms with Gasteiger partial charge in [-0.2, -0.15) is 0 Å². The Kier molecular flexibility index (Phi) is 6.30. The van der Waals surface area contributed by atoms with E-state index < -0.39 is 0 Å². The molecule has 2 aromatic carbocycles. The second-order valence-corrected chi connectivity index (χ2v) is 7.88. The molecule has 1 aromatic heterocycles. The normalized spacial score (nSPS) is 15.9. The van der Waals surface area contributed by atoms with Gasteiger partial charge in [0.2, 0.25) is 0 Å². The second kappa shape index (κ2) is 9.27. The van der Waals surface area contributed by atoms with E-state index >= 15 is 0 Å². The zero-order valence-corrected chi connectivity index (χ0v) is 17.4. The summed E-state index contributed by atoms with van der Waals surface area (Å²) in [6.45, 7) is 4.91. The van der Waals surface area contributed by atoms with Crippen molar-refractivity contribution in [1.29, 1.82) is 0 Å². The molecule has 3 aromatic rings. The Morgan fingerprint density at radius 1 is 1.07 bits per heavy atom. The van der Waals surface area contributed by atoms with Crippen molar-refractivity contribution in [3.63, 3.8) is 0 Å². The average Bonchev–Trinajstić information content (AvgIpc) is 2.77. The van der Waals surface area contributed by atoms with E-state index in [9.17, 15) is 0 Å². The molecule has 4 heteroatoms. The van der Waals surface area contributed by atoms with Gasteiger partial charge in [0.05, 0.1) is 19.2 Å². The van der Waals surface area contributed by atoms with Gasteiger partial charge in [-0.3, -0.25) is 4.98 Å². The molecule has 1 unspecified atom stereocenters. The molecule has 1 fully saturated rings. The topological polar surface area (TPSA) is 43.4 Å². The summed E-state index contributed by atoms with van der Waals surface area (Å²) < 4.78 is 11.7. The van der Waals surface area contributed by atoms with Crippen LogP contribution in [0.1, 0.15) is 36.4 Å². The highest BCUT2D eigenvalue weighted by atomic mass is 16.5. The molecule has 0 saturated carbocycles. The van der Waals surface area contributed by atoms with Crippen LogP contribution in [0.15, 0.2) is 54.6 Å². The summed E-state index contributed by atoms with van der Waals surface area (Å²) in [5.41, 5.74) is 3.37. The summed E-state index contributed by atoms with van der Waals surface area (Å²) in [7, 11) is 1.73. The van der Waals surface area contributed by atoms with Crippen molar-refractivity contribution in [1.82, 2.24) is 10.3 Å². The largest absolute Gasteiger partial charge is 0.497 e. The summed E-state index contributed by atoms with van der Waals surface area (Å²) in [6, 6.07) is 18.8. The Hall–Kier alpha value is -2.59. The summed E-state index contributed by atoms with van der Waals surface area (Å²) in [4.78, 5) is 4.62. The number of piperidine rings is 1. The lowest BCUT2D eigenvalue weighted by molar-refractivity contribution is 0.249. The predicted octanol–water partition coefficient (Wildman–Crippen LogP) is 5.10. The van der Waals surface area contributed by atoms with E-state index in [0.29, 0.717) is 18.4 Å². The van der Waals surface area contributed by atoms with Crippen molar-refractivity contribution in [2.75, 3.05) is 26.8 Å². The molecule has 4 nitrogen and oxygen atoms in total. The number of nitrogens with zero attached hydrogens (tertiary/aromatic N) is 1. The highest BCUT2D eigenvalue weighted by Gasteiger charge is 2.25. The third-order valence-electron chi connectivity index (χ3n) is 5.99. The number of ether oxygens (including phenoxy) is 2. The zero-order valence-electron chi connectivity index (χ0n) is 17.4. The summed E-state index contributed by atoms with van der Waals surface area (Å²) in [5, 5.41) is 4.57. The number of aryl methyl sites for hydroxylation is 1. The van der Waals surface area contributed by atoms with Crippen molar-refractivity contribution < 1.29 is 9.47 Å². The molecule has 1 aliphatic heterocycles. The number of hydrogen-bond acceptors (Lipinski definition) is 4. The van der Waals surface area contributed by atoms with Crippen molar-refractivity contribution in [2.45, 2.75) is 32.1 Å². The first kappa shape index (κ1) is 19.7. The first-order chi connectivity index (χ1) is 14.2. The molecule has 0 amide bonds. The summed E-state index contributed by atoms with van der Waals surface area (Å²) in [5.74, 6) is 2.99. The SMILES string of the molecule is COc1cccc(C(CCOc2cccc3nc(C)ccc23)C2CCNCC2)c1. The van der Waals surface area contributed by atoms with E-state index in [1.807, 2.05) is 37.3 Å². The molecule has 0 radical (unpaired) electrons. The zero-order chi connectivity index (χ0) is 20.1. The molecule has 0 spiro atoms. The van der Waals surface area contributed by atoms with Crippen molar-refractivity contribution >= 4 is 10.9 Å². The third-order valence-corrected chi connectivity index (χ3v) is 5.99. The molecule has 2 heterocycles. The number of pyridine rings is 1. The Morgan fingerprint density at radius 3 is 2.72 bits per heavy atom. The molecule has 4 rings (SSSR count). The van der Waals surface area contributed by atoms with Crippen LogP contribution in [-0.4, -0.2) is 31.8 Å². The Labute approximate surface area is 173 Å². The van der Waals surface area contributed by atoms with Gasteiger partial charge in [0.25, 0.3) is 0 Å². The van der Waals surface area contributed by atoms with Gasteiger partial charge >= 0.3 is 0 Å². The highest BCUT2D eigenvalue weighted by Crippen LogP contribution is 2.35. The van der Waals surface area contributed by atoms with Crippen molar-refractivity contribution in [2.24, 2.45) is 5.92 Å². The van der Waals surface area contributed by atoms with Crippen molar-refractivity contribution in [3.05, 3.63) is 65.9 Å². The fourth-order valence-electron chi connectivity index (χ4n) is 4.44. The molecule has 1 atom stereocenters. The van der Waals surface area contributed by atoms with Crippen LogP contribution in [0.4, 0.5) is 0 Å². The van der Waals surface area contributed by atoms with E-state index in [2.05, 4.69) is 34.6 Å². The molecule has 0 bridgehead atoms. The van der Waals surface area contributed by atoms with E-state index in [1.54, 1.807) is 7.11 Å². The third kappa shape index (κ3) is 4.70. The molecule has 29 heavy (non-hydrogen) atoms. The maximum absolute atomic E-state index is 6.27. The Morgan fingerprint density at radius 2 is 1.90 bits per heavy atom. The fourth-order valence-corrected chi connectivity index (χ4v) is 4.44. The Bertz CT molecular complexity index is 950. The van der Waals surface area contributed by atoms with Crippen LogP contribution < -0.4 is 14.8 Å². The summed E-state index contributed by atoms with van der Waals surface area (Å²) in [6.07, 6.45) is 3.41. The van der Waals surface area contributed by atoms with Gasteiger partial charge < -0.3 is 14.8 Å². The van der Waals surface area contributed by atoms with E-state index in [4.69, 9.17) is 9.47 Å². The molecular formula is C25H30N2O2. The number of hydrogen-bond donors (Lipinski definition) is 1. The highest BCUT2D eigenvalue weighted by molar-refractivity contribution is 5.85. The maximum Gasteiger partial charge on any atom is 0.128 e. The molecule has 1 saturated heterocycles. The Balaban J connectivity index is 1.51. The lowest BCUT2D eigenvalue weighted by Crippen LogP contribution is -2.31. The first-order valence-corrected chi connectivity index (χ1v) is 10.6. The number of fused-ring (bicyclic) bond motifs is 1. The second-order valence-electron chi connectivity index (χ2n) is 7.88. The summed E-state index contributed by atoms with van der Waals surface area (Å²) >= 11 is 0. The minimum atomic E-state index is 0.475. The van der Waals surface area contributed by atoms with Gasteiger partial charge in [-0.1, -0.05) is 18.2 Å². The number of nitrogens with one attached hydrogen (secondary N) is 1. The van der Waals surface area contributed by atoms with Gasteiger partial charge in [0.1, 0.15) is 11.5 Å². The van der Waals surface area contributed by atoms with E-state index in [1.165, 1.54) is 18.4 Å². The lowest BCUT2D eigenvalue weighted by atomic mass is 9.78. The molecule has 0 aliphatic carbocycles. The van der Waals surface area contributed by atoms with Crippen LogP contribution in [0.2, 0.25) is 0 Å². The minimum absolute atomic E-state index is 0.475. The molecule has 1 N–H and O–H groups in total. The van der Waals surface area contributed by atoms with Crippen LogP contribution in [0.25, 0.3) is 10.9 Å². The molecule has 1 aliphatic rings. The molecule has 152 valence electrons. The number of methoxy groups -OCH3 is 1. The monoisotopic (exact) mass is 390 g/mol. The standard InChI is InChI=1S/C25H30N2O2/c1-18-9-10-23-24(27-18)7-4-8-25(23)29-16-13-22(19-11-14-26-15-12-19)20-5-3-6-21(17-20)28-2/h3-10,17,19,22,26H,11-16H2,1-2H3. The van der Waals surface area contributed by atoms with Crippen LogP contribution in [0.5, 0.6) is 11.5 Å². The van der Waals surface area contributed by atoms with Gasteiger partial charge in [-0.05, 0) is 93.1 Å². The minimum Gasteiger partial charge on any atom is -0.497 e. The quantitative estimate of drug-likeness (QED) is 0.609. The van der Waals surface area contributed by atoms with Gasteiger partial charge in [0.15, 0.2) is 0 Å². The van der Waals surface area contributed by atoms with Crippen LogP contribution in [0, 0.1) is 12.8 Å². The fraction of sp³-hybridized carbons (Fsp3) is 0.400. The van der Waals surface area contributed by atoms with E-state index in [0.717, 1.165) is 47.6 Å². The molecular weight excluding hydrogens is 360 g/mol. The lowest BCUT2D eigenvalue weighted by Gasteiger charge is -2.31. The number of benzene rings is 2. The van der Waals surface area contributed by atoms with E-state index in [-0.39, 0.29) is 0 Å². The van der Waals surface area contributed by atoms with Gasteiger partial charge in [-0.25, -0.2) is 0 Å². The number of rotatable bonds is 7.